The second kappa shape index (κ2) is 5.28. The number of ether oxygens (including phenoxy) is 2. The van der Waals surface area contributed by atoms with E-state index in [9.17, 15) is 4.79 Å². The predicted octanol–water partition coefficient (Wildman–Crippen LogP) is 3.05. The van der Waals surface area contributed by atoms with Crippen LogP contribution >= 0.6 is 11.3 Å². The maximum atomic E-state index is 12.0. The first-order valence-electron chi connectivity index (χ1n) is 6.55. The molecule has 20 heavy (non-hydrogen) atoms. The maximum Gasteiger partial charge on any atom is 0.229 e. The van der Waals surface area contributed by atoms with E-state index in [1.807, 2.05) is 12.1 Å². The first-order chi connectivity index (χ1) is 9.72. The minimum atomic E-state index is 0.0632. The van der Waals surface area contributed by atoms with Crippen molar-refractivity contribution in [1.29, 1.82) is 0 Å². The van der Waals surface area contributed by atoms with Gasteiger partial charge in [0, 0.05) is 5.92 Å². The Bertz CT molecular complexity index is 608. The average Bonchev–Trinajstić information content (AvgIpc) is 2.78. The fourth-order valence-electron chi connectivity index (χ4n) is 2.22. The number of amides is 1. The van der Waals surface area contributed by atoms with E-state index in [0.717, 1.165) is 35.2 Å². The fraction of sp³-hybridized carbons (Fsp3) is 0.429. The van der Waals surface area contributed by atoms with Gasteiger partial charge in [-0.2, -0.15) is 0 Å². The third-order valence-electron chi connectivity index (χ3n) is 3.62. The number of anilines is 1. The molecule has 1 saturated carbocycles. The van der Waals surface area contributed by atoms with Gasteiger partial charge >= 0.3 is 0 Å². The molecule has 0 saturated heterocycles. The van der Waals surface area contributed by atoms with E-state index in [1.165, 1.54) is 11.3 Å². The second-order valence-corrected chi connectivity index (χ2v) is 5.78. The SMILES string of the molecule is COc1ccc(OC)c2sc(NC(=O)C3CCC3)nc12. The third-order valence-corrected chi connectivity index (χ3v) is 4.60. The number of nitrogens with zero attached hydrogens (tertiary/aromatic N) is 1. The standard InChI is InChI=1S/C14H16N2O3S/c1-18-9-6-7-10(19-2)12-11(9)15-14(20-12)16-13(17)8-4-3-5-8/h6-8H,3-5H2,1-2H3,(H,15,16,17). The lowest BCUT2D eigenvalue weighted by Gasteiger charge is -2.23. The average molecular weight is 292 g/mol. The van der Waals surface area contributed by atoms with Crippen molar-refractivity contribution >= 4 is 32.6 Å². The first kappa shape index (κ1) is 13.2. The molecule has 1 N–H and O–H groups in total. The maximum absolute atomic E-state index is 12.0. The van der Waals surface area contributed by atoms with Gasteiger partial charge in [0.1, 0.15) is 21.7 Å². The molecule has 1 amide bonds. The number of nitrogens with one attached hydrogen (secondary N) is 1. The van der Waals surface area contributed by atoms with E-state index < -0.39 is 0 Å². The van der Waals surface area contributed by atoms with Gasteiger partial charge in [-0.15, -0.1) is 0 Å². The van der Waals surface area contributed by atoms with Crippen LogP contribution in [0.1, 0.15) is 19.3 Å². The number of thiazole rings is 1. The molecule has 0 aliphatic heterocycles. The number of hydrogen-bond donors (Lipinski definition) is 1. The molecule has 3 rings (SSSR count). The highest BCUT2D eigenvalue weighted by atomic mass is 32.1. The zero-order valence-electron chi connectivity index (χ0n) is 11.4. The summed E-state index contributed by atoms with van der Waals surface area (Å²) in [4.78, 5) is 16.4. The molecule has 1 aromatic heterocycles. The van der Waals surface area contributed by atoms with Gasteiger partial charge in [-0.05, 0) is 25.0 Å². The van der Waals surface area contributed by atoms with E-state index in [1.54, 1.807) is 14.2 Å². The molecule has 0 unspecified atom stereocenters. The van der Waals surface area contributed by atoms with E-state index >= 15 is 0 Å². The molecule has 0 spiro atoms. The van der Waals surface area contributed by atoms with Gasteiger partial charge in [0.15, 0.2) is 5.13 Å². The largest absolute Gasteiger partial charge is 0.495 e. The lowest BCUT2D eigenvalue weighted by molar-refractivity contribution is -0.122. The van der Waals surface area contributed by atoms with E-state index in [0.29, 0.717) is 10.9 Å². The molecule has 1 heterocycles. The summed E-state index contributed by atoms with van der Waals surface area (Å²) in [5, 5.41) is 3.49. The summed E-state index contributed by atoms with van der Waals surface area (Å²) >= 11 is 1.41. The van der Waals surface area contributed by atoms with Gasteiger partial charge in [-0.25, -0.2) is 4.98 Å². The second-order valence-electron chi connectivity index (χ2n) is 4.78. The van der Waals surface area contributed by atoms with Gasteiger partial charge in [0.2, 0.25) is 5.91 Å². The molecule has 1 aliphatic rings. The van der Waals surface area contributed by atoms with Gasteiger partial charge in [0.25, 0.3) is 0 Å². The number of methoxy groups -OCH3 is 2. The van der Waals surface area contributed by atoms with Crippen molar-refractivity contribution in [2.24, 2.45) is 5.92 Å². The van der Waals surface area contributed by atoms with E-state index in [2.05, 4.69) is 10.3 Å². The normalized spacial score (nSPS) is 14.9. The molecule has 1 aliphatic carbocycles. The number of carbonyl (C=O) groups is 1. The van der Waals surface area contributed by atoms with Crippen LogP contribution in [0.3, 0.4) is 0 Å². The summed E-state index contributed by atoms with van der Waals surface area (Å²) in [5.74, 6) is 1.63. The lowest BCUT2D eigenvalue weighted by atomic mass is 9.85. The van der Waals surface area contributed by atoms with Crippen molar-refractivity contribution in [3.05, 3.63) is 12.1 Å². The summed E-state index contributed by atoms with van der Waals surface area (Å²) in [6.07, 6.45) is 3.09. The molecule has 5 nitrogen and oxygen atoms in total. The van der Waals surface area contributed by atoms with Crippen LogP contribution in [-0.4, -0.2) is 25.1 Å². The van der Waals surface area contributed by atoms with Crippen LogP contribution in [0.15, 0.2) is 12.1 Å². The third kappa shape index (κ3) is 2.20. The van der Waals surface area contributed by atoms with Crippen molar-refractivity contribution in [3.8, 4) is 11.5 Å². The van der Waals surface area contributed by atoms with E-state index in [4.69, 9.17) is 9.47 Å². The highest BCUT2D eigenvalue weighted by Crippen LogP contribution is 2.39. The van der Waals surface area contributed by atoms with Crippen molar-refractivity contribution in [2.75, 3.05) is 19.5 Å². The Hall–Kier alpha value is -1.82. The Morgan fingerprint density at radius 3 is 2.60 bits per heavy atom. The topological polar surface area (TPSA) is 60.5 Å². The van der Waals surface area contributed by atoms with Crippen LogP contribution < -0.4 is 14.8 Å². The number of rotatable bonds is 4. The Morgan fingerprint density at radius 2 is 2.00 bits per heavy atom. The fourth-order valence-corrected chi connectivity index (χ4v) is 3.19. The van der Waals surface area contributed by atoms with Gasteiger partial charge in [-0.3, -0.25) is 4.79 Å². The Balaban J connectivity index is 1.94. The van der Waals surface area contributed by atoms with Crippen molar-refractivity contribution in [1.82, 2.24) is 4.98 Å². The molecule has 1 aromatic carbocycles. The first-order valence-corrected chi connectivity index (χ1v) is 7.37. The Labute approximate surface area is 120 Å². The predicted molar refractivity (Wildman–Crippen MR) is 78.7 cm³/mol. The summed E-state index contributed by atoms with van der Waals surface area (Å²) < 4.78 is 11.5. The van der Waals surface area contributed by atoms with Crippen LogP contribution in [0, 0.1) is 5.92 Å². The number of benzene rings is 1. The number of carbonyl (C=O) groups excluding carboxylic acids is 1. The lowest BCUT2D eigenvalue weighted by Crippen LogP contribution is -2.27. The molecule has 0 bridgehead atoms. The van der Waals surface area contributed by atoms with Gasteiger partial charge < -0.3 is 14.8 Å². The molecular formula is C14H16N2O3S. The number of aromatic nitrogens is 1. The molecule has 6 heteroatoms. The zero-order valence-corrected chi connectivity index (χ0v) is 12.3. The smallest absolute Gasteiger partial charge is 0.229 e. The van der Waals surface area contributed by atoms with Crippen molar-refractivity contribution < 1.29 is 14.3 Å². The minimum absolute atomic E-state index is 0.0632. The van der Waals surface area contributed by atoms with Crippen molar-refractivity contribution in [2.45, 2.75) is 19.3 Å². The van der Waals surface area contributed by atoms with Crippen LogP contribution in [-0.2, 0) is 4.79 Å². The van der Waals surface area contributed by atoms with Crippen LogP contribution in [0.2, 0.25) is 0 Å². The Kier molecular flexibility index (Phi) is 3.48. The highest BCUT2D eigenvalue weighted by Gasteiger charge is 2.26. The summed E-state index contributed by atoms with van der Waals surface area (Å²) in [7, 11) is 3.22. The van der Waals surface area contributed by atoms with Crippen LogP contribution in [0.25, 0.3) is 10.2 Å². The van der Waals surface area contributed by atoms with Gasteiger partial charge in [0.05, 0.1) is 14.2 Å². The monoisotopic (exact) mass is 292 g/mol. The molecular weight excluding hydrogens is 276 g/mol. The van der Waals surface area contributed by atoms with E-state index in [-0.39, 0.29) is 11.8 Å². The minimum Gasteiger partial charge on any atom is -0.495 e. The van der Waals surface area contributed by atoms with Gasteiger partial charge in [-0.1, -0.05) is 17.8 Å². The summed E-state index contributed by atoms with van der Waals surface area (Å²) in [6.45, 7) is 0. The van der Waals surface area contributed by atoms with Crippen LogP contribution in [0.4, 0.5) is 5.13 Å². The molecule has 2 aromatic rings. The molecule has 0 radical (unpaired) electrons. The number of fused-ring (bicyclic) bond motifs is 1. The Morgan fingerprint density at radius 1 is 1.30 bits per heavy atom. The zero-order chi connectivity index (χ0) is 14.1. The highest BCUT2D eigenvalue weighted by molar-refractivity contribution is 7.22. The summed E-state index contributed by atoms with van der Waals surface area (Å²) in [6, 6.07) is 3.66. The molecule has 1 fully saturated rings. The number of hydrogen-bond acceptors (Lipinski definition) is 5. The van der Waals surface area contributed by atoms with Crippen LogP contribution in [0.5, 0.6) is 11.5 Å². The van der Waals surface area contributed by atoms with Crippen molar-refractivity contribution in [3.63, 3.8) is 0 Å². The quantitative estimate of drug-likeness (QED) is 0.941. The molecule has 106 valence electrons. The molecule has 0 atom stereocenters. The summed E-state index contributed by atoms with van der Waals surface area (Å²) in [5.41, 5.74) is 0.723.